The van der Waals surface area contributed by atoms with Crippen molar-refractivity contribution in [2.24, 2.45) is 0 Å². The molecule has 0 N–H and O–H groups in total. The number of fused-ring (bicyclic) bond motifs is 6. The number of nitrogens with zero attached hydrogens (tertiary/aromatic N) is 2. The molecule has 1 heterocycles. The van der Waals surface area contributed by atoms with Gasteiger partial charge >= 0.3 is 0 Å². The van der Waals surface area contributed by atoms with E-state index in [2.05, 4.69) is 230 Å². The highest BCUT2D eigenvalue weighted by Gasteiger charge is 2.36. The Labute approximate surface area is 351 Å². The maximum absolute atomic E-state index is 6.31. The molecule has 0 bridgehead atoms. The third-order valence-electron chi connectivity index (χ3n) is 12.2. The van der Waals surface area contributed by atoms with E-state index in [-0.39, 0.29) is 5.41 Å². The zero-order chi connectivity index (χ0) is 40.2. The zero-order valence-electron chi connectivity index (χ0n) is 33.6. The fourth-order valence-corrected chi connectivity index (χ4v) is 9.26. The second-order valence-electron chi connectivity index (χ2n) is 16.2. The van der Waals surface area contributed by atoms with Crippen molar-refractivity contribution in [3.63, 3.8) is 0 Å². The molecule has 0 amide bonds. The molecule has 0 atom stereocenters. The lowest BCUT2D eigenvalue weighted by Crippen LogP contribution is -2.17. The number of rotatable bonds is 8. The summed E-state index contributed by atoms with van der Waals surface area (Å²) in [6, 6.07) is 78.8. The normalized spacial score (nSPS) is 12.6. The van der Waals surface area contributed by atoms with Gasteiger partial charge in [0.05, 0.1) is 0 Å². The number of para-hydroxylation sites is 3. The maximum atomic E-state index is 6.31. The first-order chi connectivity index (χ1) is 29.5. The molecule has 286 valence electrons. The van der Waals surface area contributed by atoms with Gasteiger partial charge in [-0.2, -0.15) is 0 Å². The van der Waals surface area contributed by atoms with Gasteiger partial charge in [0.2, 0.25) is 0 Å². The summed E-state index contributed by atoms with van der Waals surface area (Å²) in [5.74, 6) is 0. The van der Waals surface area contributed by atoms with Gasteiger partial charge < -0.3 is 14.2 Å². The molecule has 9 aromatic carbocycles. The van der Waals surface area contributed by atoms with Crippen molar-refractivity contribution >= 4 is 56.1 Å². The summed E-state index contributed by atoms with van der Waals surface area (Å²) in [6.07, 6.45) is 0. The molecular formula is C57H42N2O. The summed E-state index contributed by atoms with van der Waals surface area (Å²) in [4.78, 5) is 4.80. The molecule has 1 aliphatic carbocycles. The van der Waals surface area contributed by atoms with Crippen LogP contribution in [0.15, 0.2) is 223 Å². The van der Waals surface area contributed by atoms with Gasteiger partial charge in [-0.15, -0.1) is 0 Å². The van der Waals surface area contributed by atoms with Crippen molar-refractivity contribution in [1.29, 1.82) is 0 Å². The Morgan fingerprint density at radius 2 is 0.850 bits per heavy atom. The van der Waals surface area contributed by atoms with E-state index in [0.29, 0.717) is 0 Å². The van der Waals surface area contributed by atoms with Crippen LogP contribution in [0, 0.1) is 0 Å². The summed E-state index contributed by atoms with van der Waals surface area (Å²) >= 11 is 0. The summed E-state index contributed by atoms with van der Waals surface area (Å²) in [5, 5.41) is 2.22. The van der Waals surface area contributed by atoms with Gasteiger partial charge in [-0.05, 0) is 129 Å². The lowest BCUT2D eigenvalue weighted by molar-refractivity contribution is 0.660. The quantitative estimate of drug-likeness (QED) is 0.153. The molecule has 0 fully saturated rings. The van der Waals surface area contributed by atoms with Crippen molar-refractivity contribution < 1.29 is 4.42 Å². The van der Waals surface area contributed by atoms with Gasteiger partial charge in [-0.1, -0.05) is 147 Å². The molecule has 60 heavy (non-hydrogen) atoms. The predicted molar refractivity (Wildman–Crippen MR) is 252 cm³/mol. The van der Waals surface area contributed by atoms with Crippen LogP contribution in [0.2, 0.25) is 0 Å². The van der Waals surface area contributed by atoms with E-state index < -0.39 is 0 Å². The molecule has 0 unspecified atom stereocenters. The van der Waals surface area contributed by atoms with Gasteiger partial charge in [0, 0.05) is 50.3 Å². The third kappa shape index (κ3) is 6.06. The minimum absolute atomic E-state index is 0.160. The van der Waals surface area contributed by atoms with Crippen LogP contribution >= 0.6 is 0 Å². The first-order valence-electron chi connectivity index (χ1n) is 20.7. The lowest BCUT2D eigenvalue weighted by Gasteiger charge is -2.31. The minimum atomic E-state index is -0.160. The second kappa shape index (κ2) is 14.3. The highest BCUT2D eigenvalue weighted by atomic mass is 16.3. The molecule has 0 radical (unpaired) electrons. The van der Waals surface area contributed by atoms with E-state index in [1.54, 1.807) is 0 Å². The van der Waals surface area contributed by atoms with Gasteiger partial charge in [0.1, 0.15) is 11.2 Å². The Balaban J connectivity index is 1.18. The van der Waals surface area contributed by atoms with Gasteiger partial charge in [0.25, 0.3) is 0 Å². The van der Waals surface area contributed by atoms with Crippen LogP contribution in [0.1, 0.15) is 25.0 Å². The van der Waals surface area contributed by atoms with Crippen LogP contribution in [0.4, 0.5) is 34.1 Å². The Kier molecular flexibility index (Phi) is 8.49. The Bertz CT molecular complexity index is 3140. The molecule has 3 heteroatoms. The van der Waals surface area contributed by atoms with Crippen molar-refractivity contribution in [2.45, 2.75) is 19.3 Å². The van der Waals surface area contributed by atoms with Gasteiger partial charge in [-0.3, -0.25) is 0 Å². The SMILES string of the molecule is CC1(C)c2ccccc2-c2ccc(N(c3cccc(-c4ccccc4)c3)c3cc(-c4ccc5oc6ccccc6c5c4)cc(N(c4ccccc4)c4ccccc4)c3)cc21. The summed E-state index contributed by atoms with van der Waals surface area (Å²) < 4.78 is 6.31. The van der Waals surface area contributed by atoms with E-state index in [1.165, 1.54) is 27.8 Å². The average molecular weight is 771 g/mol. The summed E-state index contributed by atoms with van der Waals surface area (Å²) in [7, 11) is 0. The number of hydrogen-bond acceptors (Lipinski definition) is 3. The first-order valence-corrected chi connectivity index (χ1v) is 20.7. The minimum Gasteiger partial charge on any atom is -0.456 e. The first kappa shape index (κ1) is 35.5. The predicted octanol–water partition coefficient (Wildman–Crippen LogP) is 16.2. The van der Waals surface area contributed by atoms with Crippen molar-refractivity contribution in [2.75, 3.05) is 9.80 Å². The van der Waals surface area contributed by atoms with E-state index in [0.717, 1.165) is 72.8 Å². The molecule has 1 aromatic heterocycles. The highest BCUT2D eigenvalue weighted by molar-refractivity contribution is 6.06. The van der Waals surface area contributed by atoms with Gasteiger partial charge in [0.15, 0.2) is 0 Å². The standard InChI is InChI=1S/C57H42N2O/c1-57(2)53-27-14-12-25-49(53)50-31-30-46(38-54(50)57)59(45-24-16-19-40(33-45)39-17-6-3-7-18-39)48-35-42(41-29-32-56-52(36-41)51-26-13-15-28-55(51)60-56)34-47(37-48)58(43-20-8-4-9-21-43)44-22-10-5-11-23-44/h3-38H,1-2H3. The fraction of sp³-hybridized carbons (Fsp3) is 0.0526. The maximum Gasteiger partial charge on any atom is 0.135 e. The zero-order valence-corrected chi connectivity index (χ0v) is 33.6. The van der Waals surface area contributed by atoms with Crippen LogP contribution in [0.5, 0.6) is 0 Å². The molecule has 3 nitrogen and oxygen atoms in total. The molecule has 0 spiro atoms. The van der Waals surface area contributed by atoms with Crippen LogP contribution in [-0.2, 0) is 5.41 Å². The van der Waals surface area contributed by atoms with Crippen molar-refractivity contribution in [3.8, 4) is 33.4 Å². The Morgan fingerprint density at radius 1 is 0.317 bits per heavy atom. The number of hydrogen-bond donors (Lipinski definition) is 0. The summed E-state index contributed by atoms with van der Waals surface area (Å²) in [6.45, 7) is 4.71. The number of anilines is 6. The molecule has 11 rings (SSSR count). The van der Waals surface area contributed by atoms with Crippen molar-refractivity contribution in [3.05, 3.63) is 230 Å². The Morgan fingerprint density at radius 3 is 1.60 bits per heavy atom. The monoisotopic (exact) mass is 770 g/mol. The van der Waals surface area contributed by atoms with Crippen LogP contribution < -0.4 is 9.80 Å². The number of furan rings is 1. The molecule has 0 aliphatic heterocycles. The largest absolute Gasteiger partial charge is 0.456 e. The molecular weight excluding hydrogens is 729 g/mol. The summed E-state index contributed by atoms with van der Waals surface area (Å²) in [5.41, 5.74) is 17.9. The van der Waals surface area contributed by atoms with Crippen LogP contribution in [0.3, 0.4) is 0 Å². The van der Waals surface area contributed by atoms with E-state index in [9.17, 15) is 0 Å². The fourth-order valence-electron chi connectivity index (χ4n) is 9.26. The Hall–Kier alpha value is -7.62. The third-order valence-corrected chi connectivity index (χ3v) is 12.2. The van der Waals surface area contributed by atoms with Crippen molar-refractivity contribution in [1.82, 2.24) is 0 Å². The second-order valence-corrected chi connectivity index (χ2v) is 16.2. The van der Waals surface area contributed by atoms with E-state index in [4.69, 9.17) is 4.42 Å². The highest BCUT2D eigenvalue weighted by Crippen LogP contribution is 2.51. The molecule has 1 aliphatic rings. The molecule has 0 saturated carbocycles. The topological polar surface area (TPSA) is 19.6 Å². The lowest BCUT2D eigenvalue weighted by atomic mass is 9.82. The van der Waals surface area contributed by atoms with Crippen LogP contribution in [-0.4, -0.2) is 0 Å². The smallest absolute Gasteiger partial charge is 0.135 e. The molecule has 0 saturated heterocycles. The number of benzene rings is 9. The van der Waals surface area contributed by atoms with E-state index >= 15 is 0 Å². The van der Waals surface area contributed by atoms with Crippen LogP contribution in [0.25, 0.3) is 55.3 Å². The van der Waals surface area contributed by atoms with Gasteiger partial charge in [-0.25, -0.2) is 0 Å². The average Bonchev–Trinajstić information content (AvgIpc) is 3.79. The van der Waals surface area contributed by atoms with E-state index in [1.807, 2.05) is 12.1 Å². The molecule has 10 aromatic rings.